The number of rotatable bonds is 5. The van der Waals surface area contributed by atoms with Crippen molar-refractivity contribution in [3.63, 3.8) is 0 Å². The van der Waals surface area contributed by atoms with Crippen LogP contribution >= 0.6 is 11.6 Å². The number of amides is 1. The Labute approximate surface area is 179 Å². The first kappa shape index (κ1) is 21.7. The smallest absolute Gasteiger partial charge is 0.408 e. The molecule has 2 aromatic rings. The summed E-state index contributed by atoms with van der Waals surface area (Å²) in [6, 6.07) is 6.94. The number of carbonyl (C=O) groups excluding carboxylic acids is 2. The van der Waals surface area contributed by atoms with Crippen molar-refractivity contribution in [2.45, 2.75) is 45.3 Å². The van der Waals surface area contributed by atoms with Gasteiger partial charge in [-0.15, -0.1) is 0 Å². The number of nitrogens with zero attached hydrogens (tertiary/aromatic N) is 2. The summed E-state index contributed by atoms with van der Waals surface area (Å²) in [5.74, 6) is -1.45. The quantitative estimate of drug-likeness (QED) is 0.678. The van der Waals surface area contributed by atoms with Crippen LogP contribution in [0, 0.1) is 23.1 Å². The minimum Gasteiger partial charge on any atom is -0.444 e. The number of ether oxygens (including phenoxy) is 1. The van der Waals surface area contributed by atoms with Gasteiger partial charge in [0.05, 0.1) is 22.2 Å². The van der Waals surface area contributed by atoms with Crippen LogP contribution in [0.2, 0.25) is 5.02 Å². The fourth-order valence-corrected chi connectivity index (χ4v) is 3.28. The van der Waals surface area contributed by atoms with Crippen LogP contribution in [0.1, 0.15) is 66.8 Å². The van der Waals surface area contributed by atoms with Gasteiger partial charge >= 0.3 is 6.09 Å². The number of aromatic nitrogens is 1. The average molecular weight is 430 g/mol. The minimum absolute atomic E-state index is 0.0324. The number of hydrogen-bond acceptors (Lipinski definition) is 5. The van der Waals surface area contributed by atoms with Gasteiger partial charge in [0.2, 0.25) is 5.78 Å². The highest BCUT2D eigenvalue weighted by atomic mass is 35.5. The maximum Gasteiger partial charge on any atom is 0.408 e. The molecule has 0 spiro atoms. The van der Waals surface area contributed by atoms with Gasteiger partial charge in [-0.2, -0.15) is 5.26 Å². The molecule has 1 saturated carbocycles. The van der Waals surface area contributed by atoms with E-state index in [1.165, 1.54) is 30.5 Å². The molecular weight excluding hydrogens is 409 g/mol. The van der Waals surface area contributed by atoms with Crippen molar-refractivity contribution < 1.29 is 18.7 Å². The lowest BCUT2D eigenvalue weighted by Crippen LogP contribution is -2.36. The van der Waals surface area contributed by atoms with Crippen molar-refractivity contribution in [2.75, 3.05) is 0 Å². The molecule has 156 valence electrons. The first-order chi connectivity index (χ1) is 14.1. The Hall–Kier alpha value is -2.98. The van der Waals surface area contributed by atoms with Gasteiger partial charge in [-0.25, -0.2) is 9.18 Å². The van der Waals surface area contributed by atoms with E-state index in [0.29, 0.717) is 0 Å². The van der Waals surface area contributed by atoms with Crippen LogP contribution in [0.25, 0.3) is 0 Å². The molecule has 1 aromatic carbocycles. The normalized spacial score (nSPS) is 14.5. The Morgan fingerprint density at radius 3 is 2.53 bits per heavy atom. The summed E-state index contributed by atoms with van der Waals surface area (Å²) in [5, 5.41) is 11.5. The second kappa shape index (κ2) is 8.41. The van der Waals surface area contributed by atoms with Crippen molar-refractivity contribution in [1.29, 1.82) is 5.26 Å². The molecule has 1 aliphatic carbocycles. The van der Waals surface area contributed by atoms with Crippen LogP contribution in [-0.2, 0) is 4.74 Å². The van der Waals surface area contributed by atoms with Gasteiger partial charge in [0.15, 0.2) is 0 Å². The number of halogens is 2. The molecule has 1 atom stereocenters. The van der Waals surface area contributed by atoms with Crippen LogP contribution in [0.5, 0.6) is 0 Å². The number of carbonyl (C=O) groups is 2. The third-order valence-electron chi connectivity index (χ3n) is 4.57. The number of ketones is 1. The SMILES string of the molecule is CC(C)(C)OC(=O)N[C@@H](c1ccc(Cl)c(C(=O)c2ccc(C#N)cn2)c1F)C1CC1. The van der Waals surface area contributed by atoms with Gasteiger partial charge in [0.1, 0.15) is 23.2 Å². The van der Waals surface area contributed by atoms with E-state index in [4.69, 9.17) is 21.6 Å². The van der Waals surface area contributed by atoms with Crippen LogP contribution < -0.4 is 5.32 Å². The van der Waals surface area contributed by atoms with Crippen LogP contribution in [0.3, 0.4) is 0 Å². The van der Waals surface area contributed by atoms with E-state index < -0.39 is 29.3 Å². The largest absolute Gasteiger partial charge is 0.444 e. The highest BCUT2D eigenvalue weighted by Crippen LogP contribution is 2.43. The van der Waals surface area contributed by atoms with Crippen molar-refractivity contribution in [3.05, 3.63) is 63.7 Å². The second-order valence-electron chi connectivity index (χ2n) is 8.16. The van der Waals surface area contributed by atoms with Gasteiger partial charge in [-0.1, -0.05) is 17.7 Å². The van der Waals surface area contributed by atoms with E-state index in [9.17, 15) is 9.59 Å². The fraction of sp³-hybridized carbons (Fsp3) is 0.364. The molecule has 1 N–H and O–H groups in total. The van der Waals surface area contributed by atoms with E-state index in [2.05, 4.69) is 10.3 Å². The van der Waals surface area contributed by atoms with Crippen molar-refractivity contribution in [1.82, 2.24) is 10.3 Å². The first-order valence-electron chi connectivity index (χ1n) is 9.49. The molecule has 1 heterocycles. The van der Waals surface area contributed by atoms with Gasteiger partial charge in [0.25, 0.3) is 0 Å². The zero-order valence-corrected chi connectivity index (χ0v) is 17.6. The summed E-state index contributed by atoms with van der Waals surface area (Å²) >= 11 is 6.14. The molecule has 1 aliphatic rings. The van der Waals surface area contributed by atoms with E-state index in [1.54, 1.807) is 20.8 Å². The lowest BCUT2D eigenvalue weighted by atomic mass is 9.96. The van der Waals surface area contributed by atoms with E-state index in [1.807, 2.05) is 6.07 Å². The van der Waals surface area contributed by atoms with E-state index >= 15 is 4.39 Å². The van der Waals surface area contributed by atoms with Gasteiger partial charge in [0, 0.05) is 11.8 Å². The lowest BCUT2D eigenvalue weighted by Gasteiger charge is -2.24. The van der Waals surface area contributed by atoms with Gasteiger partial charge in [-0.3, -0.25) is 9.78 Å². The lowest BCUT2D eigenvalue weighted by molar-refractivity contribution is 0.0496. The molecule has 6 nitrogen and oxygen atoms in total. The monoisotopic (exact) mass is 429 g/mol. The Morgan fingerprint density at radius 2 is 2.00 bits per heavy atom. The average Bonchev–Trinajstić information content (AvgIpc) is 3.50. The summed E-state index contributed by atoms with van der Waals surface area (Å²) in [5.41, 5.74) is -0.593. The predicted octanol–water partition coefficient (Wildman–Crippen LogP) is 4.95. The number of benzene rings is 1. The zero-order chi connectivity index (χ0) is 22.1. The summed E-state index contributed by atoms with van der Waals surface area (Å²) in [6.45, 7) is 5.22. The third-order valence-corrected chi connectivity index (χ3v) is 4.89. The standard InChI is InChI=1S/C22H21ClFN3O3/c1-22(2,3)30-21(29)27-19(13-5-6-13)14-7-8-15(23)17(18(14)24)20(28)16-9-4-12(10-25)11-26-16/h4,7-9,11,13,19H,5-6H2,1-3H3,(H,27,29)/t19-/m1/s1. The first-order valence-corrected chi connectivity index (χ1v) is 9.87. The molecule has 1 fully saturated rings. The number of alkyl carbamates (subject to hydrolysis) is 1. The number of hydrogen-bond donors (Lipinski definition) is 1. The Kier molecular flexibility index (Phi) is 6.09. The summed E-state index contributed by atoms with van der Waals surface area (Å²) < 4.78 is 20.8. The van der Waals surface area contributed by atoms with Crippen LogP contribution in [0.15, 0.2) is 30.5 Å². The van der Waals surface area contributed by atoms with Crippen molar-refractivity contribution in [2.24, 2.45) is 5.92 Å². The molecule has 0 saturated heterocycles. The number of nitriles is 1. The molecule has 1 aromatic heterocycles. The zero-order valence-electron chi connectivity index (χ0n) is 16.8. The summed E-state index contributed by atoms with van der Waals surface area (Å²) in [7, 11) is 0. The number of pyridine rings is 1. The van der Waals surface area contributed by atoms with Gasteiger partial charge in [-0.05, 0) is 57.7 Å². The van der Waals surface area contributed by atoms with E-state index in [-0.39, 0.29) is 33.3 Å². The molecule has 0 unspecified atom stereocenters. The van der Waals surface area contributed by atoms with Gasteiger partial charge < -0.3 is 10.1 Å². The topological polar surface area (TPSA) is 92.1 Å². The molecule has 1 amide bonds. The third kappa shape index (κ3) is 4.95. The van der Waals surface area contributed by atoms with E-state index in [0.717, 1.165) is 12.8 Å². The molecule has 0 bridgehead atoms. The maximum absolute atomic E-state index is 15.5. The number of nitrogens with one attached hydrogen (secondary N) is 1. The Bertz CT molecular complexity index is 1020. The highest BCUT2D eigenvalue weighted by Gasteiger charge is 2.37. The second-order valence-corrected chi connectivity index (χ2v) is 8.57. The van der Waals surface area contributed by atoms with Crippen LogP contribution in [0.4, 0.5) is 9.18 Å². The molecular formula is C22H21ClFN3O3. The fourth-order valence-electron chi connectivity index (χ4n) is 3.05. The van der Waals surface area contributed by atoms with Crippen molar-refractivity contribution >= 4 is 23.5 Å². The Morgan fingerprint density at radius 1 is 1.30 bits per heavy atom. The Balaban J connectivity index is 1.94. The molecule has 3 rings (SSSR count). The summed E-state index contributed by atoms with van der Waals surface area (Å²) in [6.07, 6.45) is 2.22. The molecule has 0 aliphatic heterocycles. The molecule has 8 heteroatoms. The highest BCUT2D eigenvalue weighted by molar-refractivity contribution is 6.35. The predicted molar refractivity (Wildman–Crippen MR) is 109 cm³/mol. The van der Waals surface area contributed by atoms with Crippen molar-refractivity contribution in [3.8, 4) is 6.07 Å². The minimum atomic E-state index is -0.799. The maximum atomic E-state index is 15.5. The molecule has 30 heavy (non-hydrogen) atoms. The van der Waals surface area contributed by atoms with Crippen LogP contribution in [-0.4, -0.2) is 22.5 Å². The summed E-state index contributed by atoms with van der Waals surface area (Å²) in [4.78, 5) is 29.1. The molecule has 0 radical (unpaired) electrons.